The number of nitrogens with one attached hydrogen (secondary N) is 1. The van der Waals surface area contributed by atoms with E-state index in [-0.39, 0.29) is 5.41 Å². The quantitative estimate of drug-likeness (QED) is 0.790. The fraction of sp³-hybridized carbons (Fsp3) is 0.700. The van der Waals surface area contributed by atoms with Gasteiger partial charge in [0.15, 0.2) is 0 Å². The molecule has 0 saturated carbocycles. The highest BCUT2D eigenvalue weighted by molar-refractivity contribution is 7.11. The molecule has 74 valence electrons. The Kier molecular flexibility index (Phi) is 3.09. The first-order valence-corrected chi connectivity index (χ1v) is 5.40. The lowest BCUT2D eigenvalue weighted by Gasteiger charge is -2.13. The molecule has 0 fully saturated rings. The summed E-state index contributed by atoms with van der Waals surface area (Å²) in [5.41, 5.74) is 0.177. The van der Waals surface area contributed by atoms with E-state index in [0.29, 0.717) is 6.04 Å². The SMILES string of the molecule is CNC(C)c1cnc(C(C)(C)C)s1. The molecule has 0 saturated heterocycles. The van der Waals surface area contributed by atoms with Crippen LogP contribution in [0.15, 0.2) is 6.20 Å². The number of hydrogen-bond donors (Lipinski definition) is 1. The van der Waals surface area contributed by atoms with Crippen LogP contribution in [0.5, 0.6) is 0 Å². The van der Waals surface area contributed by atoms with E-state index in [1.807, 2.05) is 13.2 Å². The summed E-state index contributed by atoms with van der Waals surface area (Å²) in [6.45, 7) is 8.74. The molecule has 0 aliphatic carbocycles. The molecule has 0 aliphatic heterocycles. The maximum Gasteiger partial charge on any atom is 0.0981 e. The molecule has 3 heteroatoms. The first kappa shape index (κ1) is 10.7. The van der Waals surface area contributed by atoms with Crippen LogP contribution in [0, 0.1) is 0 Å². The van der Waals surface area contributed by atoms with Crippen molar-refractivity contribution < 1.29 is 0 Å². The second kappa shape index (κ2) is 3.76. The molecule has 1 heterocycles. The van der Waals surface area contributed by atoms with E-state index >= 15 is 0 Å². The molecule has 0 aliphatic rings. The predicted octanol–water partition coefficient (Wildman–Crippen LogP) is 2.72. The molecular weight excluding hydrogens is 180 g/mol. The summed E-state index contributed by atoms with van der Waals surface area (Å²) < 4.78 is 0. The summed E-state index contributed by atoms with van der Waals surface area (Å²) in [6, 6.07) is 0.411. The maximum atomic E-state index is 4.44. The molecule has 0 aromatic carbocycles. The highest BCUT2D eigenvalue weighted by Gasteiger charge is 2.19. The van der Waals surface area contributed by atoms with Crippen molar-refractivity contribution in [2.45, 2.75) is 39.2 Å². The fourth-order valence-corrected chi connectivity index (χ4v) is 2.01. The molecule has 13 heavy (non-hydrogen) atoms. The summed E-state index contributed by atoms with van der Waals surface area (Å²) in [7, 11) is 1.97. The lowest BCUT2D eigenvalue weighted by Crippen LogP contribution is -2.11. The van der Waals surface area contributed by atoms with Gasteiger partial charge in [0.05, 0.1) is 5.01 Å². The minimum Gasteiger partial charge on any atom is -0.312 e. The van der Waals surface area contributed by atoms with Gasteiger partial charge in [-0.2, -0.15) is 0 Å². The van der Waals surface area contributed by atoms with Gasteiger partial charge in [0.25, 0.3) is 0 Å². The zero-order chi connectivity index (χ0) is 10.1. The van der Waals surface area contributed by atoms with E-state index < -0.39 is 0 Å². The Labute approximate surface area is 84.4 Å². The van der Waals surface area contributed by atoms with Gasteiger partial charge in [-0.1, -0.05) is 20.8 Å². The largest absolute Gasteiger partial charge is 0.312 e. The molecule has 1 unspecified atom stereocenters. The van der Waals surface area contributed by atoms with E-state index in [9.17, 15) is 0 Å². The number of nitrogens with zero attached hydrogens (tertiary/aromatic N) is 1. The minimum absolute atomic E-state index is 0.177. The van der Waals surface area contributed by atoms with E-state index in [1.165, 1.54) is 9.88 Å². The number of hydrogen-bond acceptors (Lipinski definition) is 3. The number of thiazole rings is 1. The molecule has 0 bridgehead atoms. The lowest BCUT2D eigenvalue weighted by atomic mass is 9.98. The van der Waals surface area contributed by atoms with Crippen molar-refractivity contribution in [2.24, 2.45) is 0 Å². The summed E-state index contributed by atoms with van der Waals surface area (Å²) in [5, 5.41) is 4.43. The van der Waals surface area contributed by atoms with Gasteiger partial charge in [-0.3, -0.25) is 0 Å². The van der Waals surface area contributed by atoms with Crippen molar-refractivity contribution >= 4 is 11.3 Å². The van der Waals surface area contributed by atoms with Gasteiger partial charge in [0, 0.05) is 22.5 Å². The Bertz CT molecular complexity index is 273. The van der Waals surface area contributed by atoms with Gasteiger partial charge in [0.2, 0.25) is 0 Å². The summed E-state index contributed by atoms with van der Waals surface area (Å²) in [4.78, 5) is 5.75. The van der Waals surface area contributed by atoms with Crippen LogP contribution in [-0.2, 0) is 5.41 Å². The monoisotopic (exact) mass is 198 g/mol. The predicted molar refractivity (Wildman–Crippen MR) is 58.3 cm³/mol. The van der Waals surface area contributed by atoms with Crippen LogP contribution in [0.1, 0.15) is 43.6 Å². The van der Waals surface area contributed by atoms with Gasteiger partial charge >= 0.3 is 0 Å². The third-order valence-electron chi connectivity index (χ3n) is 2.02. The van der Waals surface area contributed by atoms with Gasteiger partial charge in [-0.15, -0.1) is 11.3 Å². The maximum absolute atomic E-state index is 4.44. The first-order chi connectivity index (χ1) is 5.95. The molecule has 1 atom stereocenters. The summed E-state index contributed by atoms with van der Waals surface area (Å²) >= 11 is 1.80. The fourth-order valence-electron chi connectivity index (χ4n) is 0.976. The zero-order valence-electron chi connectivity index (χ0n) is 9.01. The van der Waals surface area contributed by atoms with Gasteiger partial charge in [-0.05, 0) is 14.0 Å². The van der Waals surface area contributed by atoms with Crippen molar-refractivity contribution in [3.63, 3.8) is 0 Å². The molecule has 0 amide bonds. The van der Waals surface area contributed by atoms with E-state index in [1.54, 1.807) is 11.3 Å². The van der Waals surface area contributed by atoms with Crippen molar-refractivity contribution in [3.8, 4) is 0 Å². The molecule has 1 N–H and O–H groups in total. The Morgan fingerprint density at radius 1 is 1.46 bits per heavy atom. The van der Waals surface area contributed by atoms with Crippen LogP contribution in [-0.4, -0.2) is 12.0 Å². The van der Waals surface area contributed by atoms with Crippen molar-refractivity contribution in [1.29, 1.82) is 0 Å². The van der Waals surface area contributed by atoms with Crippen LogP contribution in [0.2, 0.25) is 0 Å². The van der Waals surface area contributed by atoms with Gasteiger partial charge in [0.1, 0.15) is 0 Å². The molecule has 0 spiro atoms. The second-order valence-electron chi connectivity index (χ2n) is 4.33. The van der Waals surface area contributed by atoms with Crippen LogP contribution in [0.3, 0.4) is 0 Å². The summed E-state index contributed by atoms with van der Waals surface area (Å²) in [5.74, 6) is 0. The Morgan fingerprint density at radius 3 is 2.46 bits per heavy atom. The Morgan fingerprint density at radius 2 is 2.08 bits per heavy atom. The van der Waals surface area contributed by atoms with E-state index in [0.717, 1.165) is 0 Å². The third-order valence-corrected chi connectivity index (χ3v) is 3.63. The topological polar surface area (TPSA) is 24.9 Å². The standard InChI is InChI=1S/C10H18N2S/c1-7(11-5)8-6-12-9(13-8)10(2,3)4/h6-7,11H,1-5H3. The summed E-state index contributed by atoms with van der Waals surface area (Å²) in [6.07, 6.45) is 1.98. The minimum atomic E-state index is 0.177. The Balaban J connectivity index is 2.87. The molecular formula is C10H18N2S. The van der Waals surface area contributed by atoms with Crippen molar-refractivity contribution in [2.75, 3.05) is 7.05 Å². The lowest BCUT2D eigenvalue weighted by molar-refractivity contribution is 0.585. The Hall–Kier alpha value is -0.410. The van der Waals surface area contributed by atoms with E-state index in [2.05, 4.69) is 38.0 Å². The second-order valence-corrected chi connectivity index (χ2v) is 5.39. The van der Waals surface area contributed by atoms with Crippen LogP contribution in [0.4, 0.5) is 0 Å². The molecule has 1 rings (SSSR count). The smallest absolute Gasteiger partial charge is 0.0981 e. The third kappa shape index (κ3) is 2.51. The van der Waals surface area contributed by atoms with Crippen LogP contribution >= 0.6 is 11.3 Å². The van der Waals surface area contributed by atoms with Crippen molar-refractivity contribution in [1.82, 2.24) is 10.3 Å². The normalized spacial score (nSPS) is 14.5. The number of rotatable bonds is 2. The first-order valence-electron chi connectivity index (χ1n) is 4.58. The van der Waals surface area contributed by atoms with E-state index in [4.69, 9.17) is 0 Å². The highest BCUT2D eigenvalue weighted by Crippen LogP contribution is 2.29. The zero-order valence-corrected chi connectivity index (χ0v) is 9.83. The molecule has 2 nitrogen and oxygen atoms in total. The number of aromatic nitrogens is 1. The highest BCUT2D eigenvalue weighted by atomic mass is 32.1. The molecule has 1 aromatic heterocycles. The average molecular weight is 198 g/mol. The van der Waals surface area contributed by atoms with Crippen molar-refractivity contribution in [3.05, 3.63) is 16.1 Å². The van der Waals surface area contributed by atoms with Crippen LogP contribution < -0.4 is 5.32 Å². The van der Waals surface area contributed by atoms with Gasteiger partial charge < -0.3 is 5.32 Å². The average Bonchev–Trinajstić information content (AvgIpc) is 2.50. The van der Waals surface area contributed by atoms with Gasteiger partial charge in [-0.25, -0.2) is 4.98 Å². The molecule has 1 aromatic rings. The van der Waals surface area contributed by atoms with Crippen LogP contribution in [0.25, 0.3) is 0 Å². The molecule has 0 radical (unpaired) electrons.